The quantitative estimate of drug-likeness (QED) is 0.491. The van der Waals surface area contributed by atoms with Gasteiger partial charge in [-0.05, 0) is 42.9 Å². The number of amides is 2. The van der Waals surface area contributed by atoms with Gasteiger partial charge in [0.25, 0.3) is 5.56 Å². The first-order valence-corrected chi connectivity index (χ1v) is 12.2. The van der Waals surface area contributed by atoms with Crippen LogP contribution in [0.5, 0.6) is 5.75 Å². The number of aromatic nitrogens is 2. The second-order valence-corrected chi connectivity index (χ2v) is 9.30. The average Bonchev–Trinajstić information content (AvgIpc) is 2.89. The van der Waals surface area contributed by atoms with Crippen LogP contribution in [-0.2, 0) is 16.0 Å². The molecule has 1 fully saturated rings. The summed E-state index contributed by atoms with van der Waals surface area (Å²) >= 11 is 0. The normalized spacial score (nSPS) is 17.8. The molecule has 186 valence electrons. The van der Waals surface area contributed by atoms with Gasteiger partial charge in [0.1, 0.15) is 11.6 Å². The third-order valence-corrected chi connectivity index (χ3v) is 6.87. The van der Waals surface area contributed by atoms with Crippen molar-refractivity contribution >= 4 is 29.3 Å². The minimum atomic E-state index is -0.943. The van der Waals surface area contributed by atoms with Gasteiger partial charge >= 0.3 is 0 Å². The van der Waals surface area contributed by atoms with Gasteiger partial charge in [-0.15, -0.1) is 0 Å². The summed E-state index contributed by atoms with van der Waals surface area (Å²) in [6.07, 6.45) is 2.86. The van der Waals surface area contributed by atoms with E-state index in [-0.39, 0.29) is 23.7 Å². The maximum absolute atomic E-state index is 13.1. The van der Waals surface area contributed by atoms with Gasteiger partial charge in [-0.1, -0.05) is 36.4 Å². The Bertz CT molecular complexity index is 1320. The average molecular weight is 488 g/mol. The second kappa shape index (κ2) is 10.2. The van der Waals surface area contributed by atoms with Crippen molar-refractivity contribution in [3.8, 4) is 5.75 Å². The number of carbonyl (C=O) groups is 2. The van der Waals surface area contributed by atoms with Gasteiger partial charge in [0.2, 0.25) is 17.8 Å². The molecule has 3 aromatic rings. The smallest absolute Gasteiger partial charge is 0.258 e. The van der Waals surface area contributed by atoms with Crippen molar-refractivity contribution in [2.45, 2.75) is 31.6 Å². The number of carbonyl (C=O) groups excluding carboxylic acids is 2. The molecule has 2 amide bonds. The summed E-state index contributed by atoms with van der Waals surface area (Å²) in [5, 5.41) is 5.48. The molecule has 9 nitrogen and oxygen atoms in total. The minimum absolute atomic E-state index is 0.127. The molecule has 9 heteroatoms. The second-order valence-electron chi connectivity index (χ2n) is 9.30. The molecule has 1 unspecified atom stereocenters. The zero-order valence-electron chi connectivity index (χ0n) is 20.1. The molecule has 0 bridgehead atoms. The summed E-state index contributed by atoms with van der Waals surface area (Å²) in [5.74, 6) is -0.00108. The molecule has 2 aromatic carbocycles. The maximum atomic E-state index is 13.1. The predicted octanol–water partition coefficient (Wildman–Crippen LogP) is 3.30. The van der Waals surface area contributed by atoms with Gasteiger partial charge in [-0.3, -0.25) is 19.4 Å². The van der Waals surface area contributed by atoms with Crippen LogP contribution in [0.2, 0.25) is 0 Å². The van der Waals surface area contributed by atoms with Gasteiger partial charge in [-0.25, -0.2) is 0 Å². The van der Waals surface area contributed by atoms with Gasteiger partial charge in [-0.2, -0.15) is 4.98 Å². The van der Waals surface area contributed by atoms with E-state index in [2.05, 4.69) is 44.9 Å². The van der Waals surface area contributed by atoms with Crippen LogP contribution in [0, 0.1) is 5.92 Å². The maximum Gasteiger partial charge on any atom is 0.258 e. The summed E-state index contributed by atoms with van der Waals surface area (Å²) in [6, 6.07) is 17.4. The van der Waals surface area contributed by atoms with Crippen molar-refractivity contribution < 1.29 is 14.3 Å². The molecule has 0 radical (unpaired) electrons. The third kappa shape index (κ3) is 5.10. The van der Waals surface area contributed by atoms with Crippen LogP contribution < -0.4 is 25.8 Å². The molecule has 3 heterocycles. The van der Waals surface area contributed by atoms with E-state index in [0.29, 0.717) is 23.3 Å². The number of hydrogen-bond donors (Lipinski definition) is 3. The summed E-state index contributed by atoms with van der Waals surface area (Å²) in [4.78, 5) is 48.1. The third-order valence-electron chi connectivity index (χ3n) is 6.87. The highest BCUT2D eigenvalue weighted by atomic mass is 16.5. The van der Waals surface area contributed by atoms with Crippen LogP contribution in [0.25, 0.3) is 0 Å². The van der Waals surface area contributed by atoms with E-state index in [0.717, 1.165) is 32.4 Å². The number of rotatable bonds is 6. The van der Waals surface area contributed by atoms with Crippen LogP contribution in [0.1, 0.15) is 36.3 Å². The number of nitrogens with one attached hydrogen (secondary N) is 3. The number of ether oxygens (including phenoxy) is 1. The SMILES string of the molecule is COc1cccc(NC(=O)C2CC(=O)Nc3nc(N4CCC(Cc5ccccc5)CC4)[nH]c(=O)c32)c1. The van der Waals surface area contributed by atoms with Crippen molar-refractivity contribution in [3.05, 3.63) is 76.1 Å². The lowest BCUT2D eigenvalue weighted by atomic mass is 9.90. The zero-order valence-corrected chi connectivity index (χ0v) is 20.1. The number of aromatic amines is 1. The van der Waals surface area contributed by atoms with E-state index in [9.17, 15) is 14.4 Å². The summed E-state index contributed by atoms with van der Waals surface area (Å²) in [7, 11) is 1.54. The Labute approximate surface area is 208 Å². The highest BCUT2D eigenvalue weighted by molar-refractivity contribution is 6.04. The fourth-order valence-electron chi connectivity index (χ4n) is 4.96. The lowest BCUT2D eigenvalue weighted by Crippen LogP contribution is -2.40. The Morgan fingerprint density at radius 2 is 1.89 bits per heavy atom. The van der Waals surface area contributed by atoms with Gasteiger partial charge in [0, 0.05) is 31.3 Å². The van der Waals surface area contributed by atoms with Crippen LogP contribution in [-0.4, -0.2) is 42.0 Å². The highest BCUT2D eigenvalue weighted by Gasteiger charge is 2.35. The fraction of sp³-hybridized carbons (Fsp3) is 0.333. The number of piperidine rings is 1. The van der Waals surface area contributed by atoms with Crippen molar-refractivity contribution in [3.63, 3.8) is 0 Å². The van der Waals surface area contributed by atoms with E-state index in [1.165, 1.54) is 12.7 Å². The van der Waals surface area contributed by atoms with E-state index in [1.807, 2.05) is 11.0 Å². The molecule has 1 aromatic heterocycles. The lowest BCUT2D eigenvalue weighted by Gasteiger charge is -2.33. The summed E-state index contributed by atoms with van der Waals surface area (Å²) in [6.45, 7) is 1.51. The van der Waals surface area contributed by atoms with Crippen molar-refractivity contribution in [2.75, 3.05) is 35.7 Å². The number of hydrogen-bond acceptors (Lipinski definition) is 6. The van der Waals surface area contributed by atoms with Crippen LogP contribution >= 0.6 is 0 Å². The predicted molar refractivity (Wildman–Crippen MR) is 138 cm³/mol. The van der Waals surface area contributed by atoms with Gasteiger partial charge < -0.3 is 20.3 Å². The standard InChI is InChI=1S/C27H29N5O4/c1-36-20-9-5-8-19(15-20)28-25(34)21-16-22(33)29-24-23(21)26(35)31-27(30-24)32-12-10-18(11-13-32)14-17-6-3-2-4-7-17/h2-9,15,18,21H,10-14,16H2,1H3,(H,28,34)(H2,29,30,31,33,35). The minimum Gasteiger partial charge on any atom is -0.497 e. The fourth-order valence-corrected chi connectivity index (χ4v) is 4.96. The largest absolute Gasteiger partial charge is 0.497 e. The first-order chi connectivity index (χ1) is 17.5. The number of fused-ring (bicyclic) bond motifs is 1. The molecule has 1 saturated heterocycles. The molecule has 0 spiro atoms. The van der Waals surface area contributed by atoms with E-state index >= 15 is 0 Å². The Hall–Kier alpha value is -4.14. The summed E-state index contributed by atoms with van der Waals surface area (Å²) in [5.41, 5.74) is 1.62. The number of benzene rings is 2. The summed E-state index contributed by atoms with van der Waals surface area (Å²) < 4.78 is 5.20. The van der Waals surface area contributed by atoms with Gasteiger partial charge in [0.15, 0.2) is 0 Å². The Morgan fingerprint density at radius 1 is 1.11 bits per heavy atom. The van der Waals surface area contributed by atoms with Crippen LogP contribution in [0.15, 0.2) is 59.4 Å². The van der Waals surface area contributed by atoms with E-state index in [1.54, 1.807) is 24.3 Å². The molecule has 0 aliphatic carbocycles. The number of methoxy groups -OCH3 is 1. The van der Waals surface area contributed by atoms with Crippen LogP contribution in [0.4, 0.5) is 17.5 Å². The van der Waals surface area contributed by atoms with Gasteiger partial charge in [0.05, 0.1) is 18.6 Å². The molecule has 1 atom stereocenters. The lowest BCUT2D eigenvalue weighted by molar-refractivity contribution is -0.123. The highest BCUT2D eigenvalue weighted by Crippen LogP contribution is 2.31. The molecule has 2 aliphatic heterocycles. The number of anilines is 3. The van der Waals surface area contributed by atoms with E-state index in [4.69, 9.17) is 4.74 Å². The first kappa shape index (κ1) is 23.6. The van der Waals surface area contributed by atoms with Crippen molar-refractivity contribution in [2.24, 2.45) is 5.92 Å². The molecular weight excluding hydrogens is 458 g/mol. The molecule has 0 saturated carbocycles. The zero-order chi connectivity index (χ0) is 25.1. The molecule has 2 aliphatic rings. The Balaban J connectivity index is 1.31. The topological polar surface area (TPSA) is 116 Å². The number of H-pyrrole nitrogens is 1. The molecule has 5 rings (SSSR count). The monoisotopic (exact) mass is 487 g/mol. The molecular formula is C27H29N5O4. The Kier molecular flexibility index (Phi) is 6.71. The molecule has 3 N–H and O–H groups in total. The van der Waals surface area contributed by atoms with Crippen molar-refractivity contribution in [1.29, 1.82) is 0 Å². The molecule has 36 heavy (non-hydrogen) atoms. The van der Waals surface area contributed by atoms with Crippen molar-refractivity contribution in [1.82, 2.24) is 9.97 Å². The first-order valence-electron chi connectivity index (χ1n) is 12.2. The number of nitrogens with zero attached hydrogens (tertiary/aromatic N) is 2. The Morgan fingerprint density at radius 3 is 2.64 bits per heavy atom. The van der Waals surface area contributed by atoms with E-state index < -0.39 is 17.4 Å². The van der Waals surface area contributed by atoms with Crippen LogP contribution in [0.3, 0.4) is 0 Å².